The number of aromatic nitrogens is 2. The third-order valence-corrected chi connectivity index (χ3v) is 2.94. The lowest BCUT2D eigenvalue weighted by atomic mass is 10.2. The van der Waals surface area contributed by atoms with Gasteiger partial charge in [-0.3, -0.25) is 9.78 Å². The van der Waals surface area contributed by atoms with Gasteiger partial charge in [0.25, 0.3) is 0 Å². The van der Waals surface area contributed by atoms with Gasteiger partial charge >= 0.3 is 0 Å². The number of hydrogen-bond acceptors (Lipinski definition) is 5. The molecule has 2 heterocycles. The van der Waals surface area contributed by atoms with Crippen LogP contribution in [0.3, 0.4) is 0 Å². The number of anilines is 1. The molecule has 2 aromatic heterocycles. The minimum atomic E-state index is -0.153. The van der Waals surface area contributed by atoms with E-state index in [-0.39, 0.29) is 36.8 Å². The van der Waals surface area contributed by atoms with E-state index in [0.717, 1.165) is 11.4 Å². The van der Waals surface area contributed by atoms with Gasteiger partial charge < -0.3 is 11.1 Å². The molecule has 0 bridgehead atoms. The average Bonchev–Trinajstić information content (AvgIpc) is 2.77. The summed E-state index contributed by atoms with van der Waals surface area (Å²) in [5.74, 6) is -0.119. The van der Waals surface area contributed by atoms with E-state index in [1.54, 1.807) is 13.1 Å². The Labute approximate surface area is 133 Å². The average molecular weight is 335 g/mol. The van der Waals surface area contributed by atoms with E-state index in [0.29, 0.717) is 11.6 Å². The summed E-state index contributed by atoms with van der Waals surface area (Å²) in [5, 5.41) is 5.16. The number of hydrogen-bond donors (Lipinski definition) is 2. The van der Waals surface area contributed by atoms with Gasteiger partial charge in [0.05, 0.1) is 5.69 Å². The molecule has 20 heavy (non-hydrogen) atoms. The number of pyridine rings is 1. The van der Waals surface area contributed by atoms with Crippen LogP contribution < -0.4 is 11.1 Å². The van der Waals surface area contributed by atoms with Gasteiger partial charge in [-0.1, -0.05) is 6.07 Å². The fourth-order valence-electron chi connectivity index (χ4n) is 1.43. The summed E-state index contributed by atoms with van der Waals surface area (Å²) in [6, 6.07) is 5.47. The van der Waals surface area contributed by atoms with Crippen molar-refractivity contribution in [3.05, 3.63) is 29.8 Å². The predicted octanol–water partition coefficient (Wildman–Crippen LogP) is 2.72. The molecule has 1 unspecified atom stereocenters. The van der Waals surface area contributed by atoms with Crippen molar-refractivity contribution >= 4 is 47.2 Å². The van der Waals surface area contributed by atoms with E-state index in [2.05, 4.69) is 15.3 Å². The van der Waals surface area contributed by atoms with Crippen LogP contribution in [-0.2, 0) is 4.79 Å². The van der Waals surface area contributed by atoms with Crippen molar-refractivity contribution in [2.45, 2.75) is 19.4 Å². The molecule has 2 rings (SSSR count). The SMILES string of the molecule is CC(N)CC(=O)Nc1nc(-c2ccccn2)cs1.Cl.Cl. The van der Waals surface area contributed by atoms with Gasteiger partial charge in [0.1, 0.15) is 5.69 Å². The Morgan fingerprint density at radius 1 is 1.40 bits per heavy atom. The molecular formula is C12H16Cl2N4OS. The van der Waals surface area contributed by atoms with Crippen LogP contribution in [0.4, 0.5) is 5.13 Å². The van der Waals surface area contributed by atoms with E-state index in [4.69, 9.17) is 5.73 Å². The van der Waals surface area contributed by atoms with Gasteiger partial charge in [-0.05, 0) is 19.1 Å². The van der Waals surface area contributed by atoms with Crippen molar-refractivity contribution in [2.24, 2.45) is 5.73 Å². The molecule has 2 aromatic rings. The van der Waals surface area contributed by atoms with Crippen molar-refractivity contribution in [1.82, 2.24) is 9.97 Å². The summed E-state index contributed by atoms with van der Waals surface area (Å²) in [6.45, 7) is 1.79. The van der Waals surface area contributed by atoms with Crippen LogP contribution >= 0.6 is 36.2 Å². The second-order valence-electron chi connectivity index (χ2n) is 3.98. The summed E-state index contributed by atoms with van der Waals surface area (Å²) < 4.78 is 0. The van der Waals surface area contributed by atoms with Crippen LogP contribution in [0, 0.1) is 0 Å². The van der Waals surface area contributed by atoms with Crippen LogP contribution in [-0.4, -0.2) is 21.9 Å². The number of halogens is 2. The van der Waals surface area contributed by atoms with Crippen LogP contribution in [0.5, 0.6) is 0 Å². The van der Waals surface area contributed by atoms with Gasteiger partial charge in [0.2, 0.25) is 5.91 Å². The zero-order valence-electron chi connectivity index (χ0n) is 10.8. The van der Waals surface area contributed by atoms with Crippen LogP contribution in [0.15, 0.2) is 29.8 Å². The largest absolute Gasteiger partial charge is 0.327 e. The Morgan fingerprint density at radius 3 is 2.75 bits per heavy atom. The van der Waals surface area contributed by atoms with Gasteiger partial charge in [-0.25, -0.2) is 4.98 Å². The number of amides is 1. The molecule has 110 valence electrons. The van der Waals surface area contributed by atoms with Crippen molar-refractivity contribution < 1.29 is 4.79 Å². The number of thiazole rings is 1. The highest BCUT2D eigenvalue weighted by Gasteiger charge is 2.09. The number of nitrogens with two attached hydrogens (primary N) is 1. The zero-order chi connectivity index (χ0) is 13.0. The summed E-state index contributed by atoms with van der Waals surface area (Å²) in [5.41, 5.74) is 7.11. The molecule has 0 aliphatic rings. The lowest BCUT2D eigenvalue weighted by Gasteiger charge is -2.03. The Balaban J connectivity index is 0.00000180. The minimum absolute atomic E-state index is 0. The molecule has 0 fully saturated rings. The van der Waals surface area contributed by atoms with Gasteiger partial charge in [-0.2, -0.15) is 0 Å². The topological polar surface area (TPSA) is 80.9 Å². The Bertz CT molecular complexity index is 533. The molecule has 0 aliphatic carbocycles. The molecule has 3 N–H and O–H groups in total. The first-order valence-electron chi connectivity index (χ1n) is 5.57. The molecule has 0 saturated carbocycles. The Kier molecular flexibility index (Phi) is 8.33. The number of nitrogens with one attached hydrogen (secondary N) is 1. The Morgan fingerprint density at radius 2 is 2.15 bits per heavy atom. The van der Waals surface area contributed by atoms with Gasteiger partial charge in [-0.15, -0.1) is 36.2 Å². The number of nitrogens with zero attached hydrogens (tertiary/aromatic N) is 2. The highest BCUT2D eigenvalue weighted by molar-refractivity contribution is 7.14. The molecule has 1 amide bonds. The van der Waals surface area contributed by atoms with Gasteiger partial charge in [0, 0.05) is 24.0 Å². The molecule has 8 heteroatoms. The molecule has 0 spiro atoms. The van der Waals surface area contributed by atoms with Crippen molar-refractivity contribution in [3.8, 4) is 11.4 Å². The highest BCUT2D eigenvalue weighted by atomic mass is 35.5. The fraction of sp³-hybridized carbons (Fsp3) is 0.250. The van der Waals surface area contributed by atoms with Crippen LogP contribution in [0.1, 0.15) is 13.3 Å². The third kappa shape index (κ3) is 5.42. The molecular weight excluding hydrogens is 319 g/mol. The van der Waals surface area contributed by atoms with E-state index < -0.39 is 0 Å². The number of carbonyl (C=O) groups is 1. The first-order chi connectivity index (χ1) is 8.65. The smallest absolute Gasteiger partial charge is 0.227 e. The first-order valence-corrected chi connectivity index (χ1v) is 6.45. The highest BCUT2D eigenvalue weighted by Crippen LogP contribution is 2.23. The maximum Gasteiger partial charge on any atom is 0.227 e. The maximum absolute atomic E-state index is 11.5. The van der Waals surface area contributed by atoms with E-state index in [1.165, 1.54) is 11.3 Å². The molecule has 0 aliphatic heterocycles. The van der Waals surface area contributed by atoms with E-state index in [1.807, 2.05) is 23.6 Å². The molecule has 0 radical (unpaired) electrons. The quantitative estimate of drug-likeness (QED) is 0.900. The van der Waals surface area contributed by atoms with Crippen molar-refractivity contribution in [2.75, 3.05) is 5.32 Å². The first kappa shape index (κ1) is 18.8. The second kappa shape index (κ2) is 8.86. The third-order valence-electron chi connectivity index (χ3n) is 2.19. The second-order valence-corrected chi connectivity index (χ2v) is 4.84. The van der Waals surface area contributed by atoms with E-state index in [9.17, 15) is 4.79 Å². The zero-order valence-corrected chi connectivity index (χ0v) is 13.2. The lowest BCUT2D eigenvalue weighted by Crippen LogP contribution is -2.23. The lowest BCUT2D eigenvalue weighted by molar-refractivity contribution is -0.116. The summed E-state index contributed by atoms with van der Waals surface area (Å²) in [4.78, 5) is 20.0. The molecule has 0 saturated heterocycles. The normalized spacial score (nSPS) is 10.9. The van der Waals surface area contributed by atoms with Crippen molar-refractivity contribution in [3.63, 3.8) is 0 Å². The number of rotatable bonds is 4. The van der Waals surface area contributed by atoms with Crippen molar-refractivity contribution in [1.29, 1.82) is 0 Å². The standard InChI is InChI=1S/C12H14N4OS.2ClH/c1-8(13)6-11(17)16-12-15-10(7-18-12)9-4-2-3-5-14-9;;/h2-5,7-8H,6,13H2,1H3,(H,15,16,17);2*1H. The monoisotopic (exact) mass is 334 g/mol. The molecule has 5 nitrogen and oxygen atoms in total. The van der Waals surface area contributed by atoms with E-state index >= 15 is 0 Å². The maximum atomic E-state index is 11.5. The van der Waals surface area contributed by atoms with Crippen LogP contribution in [0.25, 0.3) is 11.4 Å². The van der Waals surface area contributed by atoms with Gasteiger partial charge in [0.15, 0.2) is 5.13 Å². The predicted molar refractivity (Wildman–Crippen MR) is 86.7 cm³/mol. The Hall–Kier alpha value is -1.21. The van der Waals surface area contributed by atoms with Crippen LogP contribution in [0.2, 0.25) is 0 Å². The summed E-state index contributed by atoms with van der Waals surface area (Å²) >= 11 is 1.38. The molecule has 0 aromatic carbocycles. The summed E-state index contributed by atoms with van der Waals surface area (Å²) in [6.07, 6.45) is 2.00. The summed E-state index contributed by atoms with van der Waals surface area (Å²) in [7, 11) is 0. The minimum Gasteiger partial charge on any atom is -0.327 e. The fourth-order valence-corrected chi connectivity index (χ4v) is 2.15. The molecule has 1 atom stereocenters. The number of carbonyl (C=O) groups excluding carboxylic acids is 1.